The summed E-state index contributed by atoms with van der Waals surface area (Å²) in [5, 5.41) is 2.65. The summed E-state index contributed by atoms with van der Waals surface area (Å²) in [6.45, 7) is -0.548. The summed E-state index contributed by atoms with van der Waals surface area (Å²) >= 11 is 1.48. The van der Waals surface area contributed by atoms with Crippen LogP contribution in [-0.4, -0.2) is 34.2 Å². The number of sulfonamides is 1. The summed E-state index contributed by atoms with van der Waals surface area (Å²) in [5.74, 6) is -0.776. The lowest BCUT2D eigenvalue weighted by molar-refractivity contribution is -0.114. The zero-order valence-corrected chi connectivity index (χ0v) is 18.5. The fraction of sp³-hybridized carbons (Fsp3) is 0.136. The molecule has 0 saturated heterocycles. The molecule has 3 rings (SSSR count). The maximum Gasteiger partial charge on any atom is 0.264 e. The molecule has 0 spiro atoms. The second-order valence-electron chi connectivity index (χ2n) is 6.42. The van der Waals surface area contributed by atoms with Crippen LogP contribution in [-0.2, 0) is 14.8 Å². The third-order valence-corrected chi connectivity index (χ3v) is 6.94. The van der Waals surface area contributed by atoms with Gasteiger partial charge in [0.2, 0.25) is 5.91 Å². The van der Waals surface area contributed by atoms with E-state index in [0.717, 1.165) is 15.3 Å². The van der Waals surface area contributed by atoms with E-state index in [1.54, 1.807) is 36.4 Å². The van der Waals surface area contributed by atoms with E-state index in [4.69, 9.17) is 4.74 Å². The van der Waals surface area contributed by atoms with E-state index in [1.807, 2.05) is 6.26 Å². The molecule has 0 radical (unpaired) electrons. The second-order valence-corrected chi connectivity index (χ2v) is 9.16. The minimum absolute atomic E-state index is 0.000321. The molecule has 0 aliphatic heterocycles. The largest absolute Gasteiger partial charge is 0.495 e. The van der Waals surface area contributed by atoms with Crippen LogP contribution in [0.25, 0.3) is 0 Å². The molecule has 0 bridgehead atoms. The number of methoxy groups -OCH3 is 1. The van der Waals surface area contributed by atoms with E-state index in [0.29, 0.717) is 11.4 Å². The van der Waals surface area contributed by atoms with E-state index in [-0.39, 0.29) is 10.6 Å². The average Bonchev–Trinajstić information content (AvgIpc) is 2.77. The Bertz CT molecular complexity index is 1170. The third kappa shape index (κ3) is 5.36. The molecule has 0 aliphatic carbocycles. The zero-order chi connectivity index (χ0) is 22.4. The highest BCUT2D eigenvalue weighted by Crippen LogP contribution is 2.27. The Labute approximate surface area is 185 Å². The number of para-hydroxylation sites is 2. The molecule has 0 atom stereocenters. The number of hydrogen-bond donors (Lipinski definition) is 1. The fourth-order valence-electron chi connectivity index (χ4n) is 2.89. The number of halogens is 1. The molecule has 1 N–H and O–H groups in total. The molecule has 0 heterocycles. The standard InChI is InChI=1S/C22H21FN2O4S2/c1-29-21-9-4-3-8-20(21)24-22(26)15-25(17-7-5-6-16(23)14-17)31(27,28)19-12-10-18(30-2)11-13-19/h3-14H,15H2,1-2H3,(H,24,26). The van der Waals surface area contributed by atoms with Crippen molar-refractivity contribution in [1.29, 1.82) is 0 Å². The minimum Gasteiger partial charge on any atom is -0.495 e. The molecule has 0 fully saturated rings. The van der Waals surface area contributed by atoms with Crippen LogP contribution < -0.4 is 14.4 Å². The van der Waals surface area contributed by atoms with Crippen molar-refractivity contribution < 1.29 is 22.3 Å². The monoisotopic (exact) mass is 460 g/mol. The lowest BCUT2D eigenvalue weighted by atomic mass is 10.3. The van der Waals surface area contributed by atoms with Crippen molar-refractivity contribution in [2.75, 3.05) is 29.5 Å². The first-order valence-corrected chi connectivity index (χ1v) is 11.9. The summed E-state index contributed by atoms with van der Waals surface area (Å²) in [6.07, 6.45) is 1.88. The van der Waals surface area contributed by atoms with E-state index in [1.165, 1.54) is 49.2 Å². The molecule has 9 heteroatoms. The molecule has 162 valence electrons. The number of benzene rings is 3. The highest BCUT2D eigenvalue weighted by Gasteiger charge is 2.28. The number of nitrogens with zero attached hydrogens (tertiary/aromatic N) is 1. The van der Waals surface area contributed by atoms with Gasteiger partial charge in [-0.25, -0.2) is 12.8 Å². The van der Waals surface area contributed by atoms with Crippen molar-refractivity contribution in [2.24, 2.45) is 0 Å². The number of rotatable bonds is 8. The highest BCUT2D eigenvalue weighted by molar-refractivity contribution is 7.98. The van der Waals surface area contributed by atoms with Crippen molar-refractivity contribution in [1.82, 2.24) is 0 Å². The average molecular weight is 461 g/mol. The van der Waals surface area contributed by atoms with Crippen LogP contribution in [0.5, 0.6) is 5.75 Å². The Hall–Kier alpha value is -3.04. The van der Waals surface area contributed by atoms with E-state index in [2.05, 4.69) is 5.32 Å². The minimum atomic E-state index is -4.13. The number of thioether (sulfide) groups is 1. The summed E-state index contributed by atoms with van der Waals surface area (Å²) < 4.78 is 46.6. The number of ether oxygens (including phenoxy) is 1. The fourth-order valence-corrected chi connectivity index (χ4v) is 4.71. The Kier molecular flexibility index (Phi) is 7.19. The smallest absolute Gasteiger partial charge is 0.264 e. The van der Waals surface area contributed by atoms with Gasteiger partial charge in [0.1, 0.15) is 18.1 Å². The summed E-state index contributed by atoms with van der Waals surface area (Å²) in [6, 6.07) is 18.2. The number of carbonyl (C=O) groups excluding carboxylic acids is 1. The predicted octanol–water partition coefficient (Wildman–Crippen LogP) is 4.39. The van der Waals surface area contributed by atoms with Gasteiger partial charge in [-0.1, -0.05) is 18.2 Å². The molecule has 1 amide bonds. The lowest BCUT2D eigenvalue weighted by Gasteiger charge is -2.24. The maximum absolute atomic E-state index is 13.9. The van der Waals surface area contributed by atoms with Crippen molar-refractivity contribution >= 4 is 39.1 Å². The molecular weight excluding hydrogens is 439 g/mol. The summed E-state index contributed by atoms with van der Waals surface area (Å²) in [5.41, 5.74) is 0.444. The molecule has 31 heavy (non-hydrogen) atoms. The van der Waals surface area contributed by atoms with Crippen molar-refractivity contribution in [3.05, 3.63) is 78.6 Å². The molecule has 0 aromatic heterocycles. The first-order chi connectivity index (χ1) is 14.8. The van der Waals surface area contributed by atoms with Crippen LogP contribution in [0.4, 0.5) is 15.8 Å². The van der Waals surface area contributed by atoms with Crippen LogP contribution in [0.3, 0.4) is 0 Å². The van der Waals surface area contributed by atoms with Gasteiger partial charge < -0.3 is 10.1 Å². The summed E-state index contributed by atoms with van der Waals surface area (Å²) in [4.78, 5) is 13.7. The molecular formula is C22H21FN2O4S2. The van der Waals surface area contributed by atoms with Crippen LogP contribution in [0.1, 0.15) is 0 Å². The molecule has 0 unspecified atom stereocenters. The number of amides is 1. The van der Waals surface area contributed by atoms with Gasteiger partial charge in [-0.05, 0) is 60.9 Å². The van der Waals surface area contributed by atoms with Crippen molar-refractivity contribution in [2.45, 2.75) is 9.79 Å². The number of anilines is 2. The summed E-state index contributed by atoms with van der Waals surface area (Å²) in [7, 11) is -2.67. The quantitative estimate of drug-likeness (QED) is 0.505. The van der Waals surface area contributed by atoms with Gasteiger partial charge in [-0.15, -0.1) is 11.8 Å². The van der Waals surface area contributed by atoms with Crippen LogP contribution in [0.2, 0.25) is 0 Å². The zero-order valence-electron chi connectivity index (χ0n) is 16.9. The normalized spacial score (nSPS) is 11.1. The van der Waals surface area contributed by atoms with Gasteiger partial charge in [-0.2, -0.15) is 0 Å². The van der Waals surface area contributed by atoms with Gasteiger partial charge in [0, 0.05) is 4.90 Å². The molecule has 3 aromatic rings. The predicted molar refractivity (Wildman–Crippen MR) is 121 cm³/mol. The van der Waals surface area contributed by atoms with Gasteiger partial charge in [0.25, 0.3) is 10.0 Å². The Balaban J connectivity index is 1.95. The van der Waals surface area contributed by atoms with Gasteiger partial charge in [-0.3, -0.25) is 9.10 Å². The van der Waals surface area contributed by atoms with Gasteiger partial charge >= 0.3 is 0 Å². The molecule has 3 aromatic carbocycles. The molecule has 0 aliphatic rings. The number of nitrogens with one attached hydrogen (secondary N) is 1. The molecule has 6 nitrogen and oxygen atoms in total. The van der Waals surface area contributed by atoms with Gasteiger partial charge in [0.15, 0.2) is 0 Å². The first kappa shape index (κ1) is 22.6. The number of hydrogen-bond acceptors (Lipinski definition) is 5. The topological polar surface area (TPSA) is 75.7 Å². The second kappa shape index (κ2) is 9.84. The van der Waals surface area contributed by atoms with Crippen molar-refractivity contribution in [3.63, 3.8) is 0 Å². The Morgan fingerprint density at radius 2 is 1.77 bits per heavy atom. The van der Waals surface area contributed by atoms with Crippen molar-refractivity contribution in [3.8, 4) is 5.75 Å². The van der Waals surface area contributed by atoms with Gasteiger partial charge in [0.05, 0.1) is 23.4 Å². The highest BCUT2D eigenvalue weighted by atomic mass is 32.2. The van der Waals surface area contributed by atoms with E-state index < -0.39 is 28.3 Å². The van der Waals surface area contributed by atoms with Crippen LogP contribution in [0.15, 0.2) is 82.6 Å². The number of carbonyl (C=O) groups is 1. The third-order valence-electron chi connectivity index (χ3n) is 4.41. The SMILES string of the molecule is COc1ccccc1NC(=O)CN(c1cccc(F)c1)S(=O)(=O)c1ccc(SC)cc1. The first-order valence-electron chi connectivity index (χ1n) is 9.20. The van der Waals surface area contributed by atoms with Crippen LogP contribution in [0, 0.1) is 5.82 Å². The Morgan fingerprint density at radius 1 is 1.06 bits per heavy atom. The maximum atomic E-state index is 13.9. The Morgan fingerprint density at radius 3 is 2.42 bits per heavy atom. The molecule has 0 saturated carbocycles. The lowest BCUT2D eigenvalue weighted by Crippen LogP contribution is -2.38. The van der Waals surface area contributed by atoms with E-state index in [9.17, 15) is 17.6 Å². The van der Waals surface area contributed by atoms with E-state index >= 15 is 0 Å². The van der Waals surface area contributed by atoms with Crippen LogP contribution >= 0.6 is 11.8 Å².